The van der Waals surface area contributed by atoms with Gasteiger partial charge in [-0.3, -0.25) is 14.6 Å². The van der Waals surface area contributed by atoms with Crippen LogP contribution in [0.4, 0.5) is 10.5 Å². The van der Waals surface area contributed by atoms with Crippen molar-refractivity contribution in [3.8, 4) is 0 Å². The second-order valence-corrected chi connectivity index (χ2v) is 13.1. The van der Waals surface area contributed by atoms with Crippen molar-refractivity contribution in [2.24, 2.45) is 0 Å². The molecule has 3 aromatic rings. The van der Waals surface area contributed by atoms with Gasteiger partial charge in [-0.2, -0.15) is 0 Å². The summed E-state index contributed by atoms with van der Waals surface area (Å²) >= 11 is 6.03. The molecule has 1 atom stereocenters. The van der Waals surface area contributed by atoms with Crippen LogP contribution >= 0.6 is 11.6 Å². The maximum absolute atomic E-state index is 13.8. The number of halogens is 1. The summed E-state index contributed by atoms with van der Waals surface area (Å²) in [5.74, 6) is -1.81. The Bertz CT molecular complexity index is 1570. The number of aromatic nitrogens is 1. The largest absolute Gasteiger partial charge is 0.444 e. The highest BCUT2D eigenvalue weighted by Gasteiger charge is 2.39. The van der Waals surface area contributed by atoms with Crippen LogP contribution in [-0.2, 0) is 32.5 Å². The van der Waals surface area contributed by atoms with Crippen molar-refractivity contribution in [3.63, 3.8) is 0 Å². The monoisotopic (exact) mass is 598 g/mol. The van der Waals surface area contributed by atoms with E-state index in [2.05, 4.69) is 15.6 Å². The van der Waals surface area contributed by atoms with E-state index in [1.54, 1.807) is 51.2 Å². The van der Waals surface area contributed by atoms with Gasteiger partial charge in [0.1, 0.15) is 11.6 Å². The number of nitrogens with one attached hydrogen (secondary N) is 2. The van der Waals surface area contributed by atoms with Gasteiger partial charge >= 0.3 is 6.09 Å². The van der Waals surface area contributed by atoms with Crippen molar-refractivity contribution in [2.45, 2.75) is 57.3 Å². The van der Waals surface area contributed by atoms with Crippen molar-refractivity contribution in [2.75, 3.05) is 10.7 Å². The Labute approximate surface area is 244 Å². The number of pyridine rings is 1. The third-order valence-electron chi connectivity index (χ3n) is 6.17. The number of alkyl carbamates (subject to hydrolysis) is 1. The van der Waals surface area contributed by atoms with Crippen LogP contribution in [0.2, 0.25) is 5.02 Å². The van der Waals surface area contributed by atoms with Crippen LogP contribution in [0.1, 0.15) is 48.0 Å². The molecule has 0 spiro atoms. The predicted octanol–water partition coefficient (Wildman–Crippen LogP) is 4.19. The lowest BCUT2D eigenvalue weighted by Crippen LogP contribution is -2.51. The molecule has 2 heterocycles. The molecule has 1 aliphatic heterocycles. The van der Waals surface area contributed by atoms with Gasteiger partial charge in [-0.15, -0.1) is 0 Å². The molecule has 1 aromatic heterocycles. The van der Waals surface area contributed by atoms with E-state index in [9.17, 15) is 22.8 Å². The summed E-state index contributed by atoms with van der Waals surface area (Å²) in [5.41, 5.74) is 1.62. The van der Waals surface area contributed by atoms with Gasteiger partial charge in [0, 0.05) is 29.0 Å². The van der Waals surface area contributed by atoms with E-state index in [1.165, 1.54) is 23.1 Å². The van der Waals surface area contributed by atoms with Gasteiger partial charge in [0.2, 0.25) is 0 Å². The molecular formula is C29H31ClN4O6S. The molecule has 3 amide bonds. The second-order valence-electron chi connectivity index (χ2n) is 10.7. The first kappa shape index (κ1) is 30.0. The first-order chi connectivity index (χ1) is 19.2. The minimum Gasteiger partial charge on any atom is -0.444 e. The number of amides is 3. The molecule has 216 valence electrons. The minimum atomic E-state index is -4.08. The maximum atomic E-state index is 13.8. The molecule has 41 heavy (non-hydrogen) atoms. The maximum Gasteiger partial charge on any atom is 0.408 e. The van der Waals surface area contributed by atoms with E-state index < -0.39 is 45.1 Å². The van der Waals surface area contributed by atoms with Crippen molar-refractivity contribution in [1.29, 1.82) is 0 Å². The normalized spacial score (nSPS) is 16.4. The van der Waals surface area contributed by atoms with Gasteiger partial charge in [0.05, 0.1) is 22.9 Å². The lowest BCUT2D eigenvalue weighted by molar-refractivity contribution is -0.120. The van der Waals surface area contributed by atoms with Gasteiger partial charge in [-0.1, -0.05) is 29.8 Å². The zero-order valence-corrected chi connectivity index (χ0v) is 24.7. The van der Waals surface area contributed by atoms with Crippen LogP contribution < -0.4 is 15.5 Å². The van der Waals surface area contributed by atoms with E-state index in [-0.39, 0.29) is 29.2 Å². The standard InChI is InChI=1S/C29H31ClN4O6S/c1-18-5-6-20(14-31-18)15-32-26(35)21-9-12-25-24(13-21)34(16-19-7-10-22(30)11-8-19)27(36)23(17-41(25,38)39)33-28(37)40-29(2,3)4/h5-14,23H,15-17H2,1-4H3,(H,32,35)(H,33,37)/t23-/m0/s1. The number of ether oxygens (including phenoxy) is 1. The number of hydrogen-bond donors (Lipinski definition) is 2. The Hall–Kier alpha value is -3.96. The van der Waals surface area contributed by atoms with Crippen LogP contribution in [0.15, 0.2) is 65.7 Å². The van der Waals surface area contributed by atoms with Crippen molar-refractivity contribution >= 4 is 45.0 Å². The smallest absolute Gasteiger partial charge is 0.408 e. The lowest BCUT2D eigenvalue weighted by Gasteiger charge is -2.27. The average molecular weight is 599 g/mol. The molecule has 1 aliphatic rings. The number of rotatable bonds is 6. The lowest BCUT2D eigenvalue weighted by atomic mass is 10.1. The topological polar surface area (TPSA) is 135 Å². The first-order valence-electron chi connectivity index (χ1n) is 12.8. The highest BCUT2D eigenvalue weighted by atomic mass is 35.5. The van der Waals surface area contributed by atoms with Gasteiger partial charge in [-0.25, -0.2) is 13.2 Å². The van der Waals surface area contributed by atoms with Crippen LogP contribution in [-0.4, -0.2) is 48.7 Å². The Morgan fingerprint density at radius 3 is 2.39 bits per heavy atom. The fraction of sp³-hybridized carbons (Fsp3) is 0.310. The van der Waals surface area contributed by atoms with E-state index in [0.717, 1.165) is 11.3 Å². The third-order valence-corrected chi connectivity index (χ3v) is 8.21. The van der Waals surface area contributed by atoms with Gasteiger partial charge in [0.25, 0.3) is 11.8 Å². The zero-order chi connectivity index (χ0) is 29.9. The number of fused-ring (bicyclic) bond motifs is 1. The summed E-state index contributed by atoms with van der Waals surface area (Å²) in [6.07, 6.45) is 0.734. The van der Waals surface area contributed by atoms with E-state index >= 15 is 0 Å². The molecule has 0 radical (unpaired) electrons. The summed E-state index contributed by atoms with van der Waals surface area (Å²) in [6, 6.07) is 13.0. The molecule has 0 aliphatic carbocycles. The number of nitrogens with zero attached hydrogens (tertiary/aromatic N) is 2. The molecule has 10 nitrogen and oxygen atoms in total. The molecule has 0 saturated carbocycles. The average Bonchev–Trinajstić information content (AvgIpc) is 2.96. The molecule has 2 aromatic carbocycles. The highest BCUT2D eigenvalue weighted by Crippen LogP contribution is 2.33. The summed E-state index contributed by atoms with van der Waals surface area (Å²) in [5, 5.41) is 5.71. The number of carbonyl (C=O) groups is 3. The van der Waals surface area contributed by atoms with Crippen LogP contribution in [0, 0.1) is 6.92 Å². The quantitative estimate of drug-likeness (QED) is 0.434. The summed E-state index contributed by atoms with van der Waals surface area (Å²) in [4.78, 5) is 44.8. The van der Waals surface area contributed by atoms with Crippen molar-refractivity contribution < 1.29 is 27.5 Å². The third kappa shape index (κ3) is 7.62. The fourth-order valence-corrected chi connectivity index (χ4v) is 5.93. The van der Waals surface area contributed by atoms with E-state index in [1.807, 2.05) is 19.1 Å². The SMILES string of the molecule is Cc1ccc(CNC(=O)c2ccc3c(c2)N(Cc2ccc(Cl)cc2)C(=O)[C@@H](NC(=O)OC(C)(C)C)CS3(=O)=O)cn1. The first-order valence-corrected chi connectivity index (χ1v) is 14.9. The molecule has 12 heteroatoms. The van der Waals surface area contributed by atoms with E-state index in [4.69, 9.17) is 16.3 Å². The van der Waals surface area contributed by atoms with Gasteiger partial charge in [0.15, 0.2) is 9.84 Å². The molecule has 4 rings (SSSR count). The fourth-order valence-electron chi connectivity index (χ4n) is 4.20. The minimum absolute atomic E-state index is 0.0306. The van der Waals surface area contributed by atoms with Crippen LogP contribution in [0.25, 0.3) is 0 Å². The number of hydrogen-bond acceptors (Lipinski definition) is 7. The second kappa shape index (κ2) is 11.9. The van der Waals surface area contributed by atoms with Crippen LogP contribution in [0.5, 0.6) is 0 Å². The molecular weight excluding hydrogens is 568 g/mol. The highest BCUT2D eigenvalue weighted by molar-refractivity contribution is 7.91. The number of aryl methyl sites for hydroxylation is 1. The molecule has 0 saturated heterocycles. The molecule has 0 unspecified atom stereocenters. The molecule has 0 bridgehead atoms. The number of sulfone groups is 1. The Kier molecular flexibility index (Phi) is 8.69. The predicted molar refractivity (Wildman–Crippen MR) is 154 cm³/mol. The summed E-state index contributed by atoms with van der Waals surface area (Å²) in [7, 11) is -4.08. The van der Waals surface area contributed by atoms with Crippen molar-refractivity contribution in [1.82, 2.24) is 15.6 Å². The van der Waals surface area contributed by atoms with Crippen LogP contribution in [0.3, 0.4) is 0 Å². The number of benzene rings is 2. The van der Waals surface area contributed by atoms with Gasteiger partial charge < -0.3 is 20.3 Å². The summed E-state index contributed by atoms with van der Waals surface area (Å²) < 4.78 is 32.2. The number of anilines is 1. The Morgan fingerprint density at radius 1 is 1.07 bits per heavy atom. The Balaban J connectivity index is 1.70. The number of carbonyl (C=O) groups excluding carboxylic acids is 3. The molecule has 2 N–H and O–H groups in total. The van der Waals surface area contributed by atoms with Gasteiger partial charge in [-0.05, 0) is 75.2 Å². The zero-order valence-electron chi connectivity index (χ0n) is 23.1. The van der Waals surface area contributed by atoms with E-state index in [0.29, 0.717) is 10.6 Å². The summed E-state index contributed by atoms with van der Waals surface area (Å²) in [6.45, 7) is 6.99. The molecule has 0 fully saturated rings. The Morgan fingerprint density at radius 2 is 1.76 bits per heavy atom. The van der Waals surface area contributed by atoms with Crippen molar-refractivity contribution in [3.05, 3.63) is 88.2 Å².